The van der Waals surface area contributed by atoms with Crippen LogP contribution in [0, 0.1) is 5.41 Å². The van der Waals surface area contributed by atoms with Gasteiger partial charge < -0.3 is 14.2 Å². The molecule has 5 rings (SSSR count). The van der Waals surface area contributed by atoms with E-state index in [4.69, 9.17) is 4.74 Å². The lowest BCUT2D eigenvalue weighted by molar-refractivity contribution is -0.137. The van der Waals surface area contributed by atoms with Gasteiger partial charge in [-0.15, -0.1) is 10.2 Å². The van der Waals surface area contributed by atoms with Crippen molar-refractivity contribution in [3.8, 4) is 0 Å². The number of nitrogens with zero attached hydrogens (tertiary/aromatic N) is 4. The first kappa shape index (κ1) is 23.2. The predicted molar refractivity (Wildman–Crippen MR) is 121 cm³/mol. The molecule has 3 heterocycles. The van der Waals surface area contributed by atoms with E-state index in [1.54, 1.807) is 23.9 Å². The summed E-state index contributed by atoms with van der Waals surface area (Å²) in [6.45, 7) is 4.80. The maximum Gasteiger partial charge on any atom is 0.416 e. The molecular weight excluding hydrogens is 449 g/mol. The Morgan fingerprint density at radius 3 is 2.64 bits per heavy atom. The van der Waals surface area contributed by atoms with Crippen LogP contribution < -0.4 is 0 Å². The second-order valence-corrected chi connectivity index (χ2v) is 10.8. The lowest BCUT2D eigenvalue weighted by Gasteiger charge is -2.21. The van der Waals surface area contributed by atoms with Gasteiger partial charge in [-0.2, -0.15) is 13.2 Å². The third-order valence-corrected chi connectivity index (χ3v) is 8.71. The van der Waals surface area contributed by atoms with Crippen LogP contribution in [0.25, 0.3) is 0 Å². The highest BCUT2D eigenvalue weighted by molar-refractivity contribution is 7.99. The Hall–Kier alpha value is -1.58. The number of alkyl halides is 3. The van der Waals surface area contributed by atoms with E-state index in [1.165, 1.54) is 12.1 Å². The molecule has 2 atom stereocenters. The van der Waals surface area contributed by atoms with Crippen molar-refractivity contribution in [1.29, 1.82) is 0 Å². The van der Waals surface area contributed by atoms with Gasteiger partial charge in [0.05, 0.1) is 5.56 Å². The molecule has 2 aliphatic heterocycles. The van der Waals surface area contributed by atoms with Gasteiger partial charge in [-0.05, 0) is 74.2 Å². The van der Waals surface area contributed by atoms with Crippen molar-refractivity contribution in [1.82, 2.24) is 19.7 Å². The second-order valence-electron chi connectivity index (χ2n) is 9.75. The van der Waals surface area contributed by atoms with Crippen LogP contribution in [0.3, 0.4) is 0 Å². The summed E-state index contributed by atoms with van der Waals surface area (Å²) in [6.07, 6.45) is 1.09. The maximum absolute atomic E-state index is 12.8. The zero-order valence-electron chi connectivity index (χ0n) is 19.0. The maximum atomic E-state index is 12.8. The average molecular weight is 481 g/mol. The molecule has 0 amide bonds. The van der Waals surface area contributed by atoms with Gasteiger partial charge in [-0.25, -0.2) is 0 Å². The second kappa shape index (κ2) is 9.23. The lowest BCUT2D eigenvalue weighted by Crippen LogP contribution is -2.23. The molecule has 3 fully saturated rings. The van der Waals surface area contributed by atoms with Crippen LogP contribution in [0.4, 0.5) is 13.2 Å². The van der Waals surface area contributed by atoms with E-state index < -0.39 is 11.7 Å². The first-order valence-electron chi connectivity index (χ1n) is 11.9. The Bertz CT molecular complexity index is 958. The lowest BCUT2D eigenvalue weighted by atomic mass is 9.97. The molecule has 1 aliphatic carbocycles. The summed E-state index contributed by atoms with van der Waals surface area (Å²) in [5.41, 5.74) is 0.770. The van der Waals surface area contributed by atoms with Crippen molar-refractivity contribution in [3.63, 3.8) is 0 Å². The molecule has 2 aromatic rings. The number of ether oxygens (including phenoxy) is 1. The van der Waals surface area contributed by atoms with Crippen molar-refractivity contribution in [2.75, 3.05) is 38.6 Å². The van der Waals surface area contributed by atoms with Crippen LogP contribution >= 0.6 is 11.8 Å². The number of hydrogen-bond acceptors (Lipinski definition) is 5. The zero-order valence-corrected chi connectivity index (χ0v) is 19.8. The Labute approximate surface area is 197 Å². The van der Waals surface area contributed by atoms with E-state index in [1.807, 2.05) is 0 Å². The fraction of sp³-hybridized carbons (Fsp3) is 0.667. The van der Waals surface area contributed by atoms with Crippen molar-refractivity contribution < 1.29 is 17.9 Å². The van der Waals surface area contributed by atoms with Gasteiger partial charge >= 0.3 is 6.18 Å². The fourth-order valence-electron chi connectivity index (χ4n) is 5.56. The Balaban J connectivity index is 1.06. The van der Waals surface area contributed by atoms with E-state index in [0.29, 0.717) is 11.8 Å². The third kappa shape index (κ3) is 4.95. The molecule has 180 valence electrons. The first-order chi connectivity index (χ1) is 15.9. The van der Waals surface area contributed by atoms with Gasteiger partial charge in [0.25, 0.3) is 0 Å². The van der Waals surface area contributed by atoms with Crippen LogP contribution in [0.2, 0.25) is 0 Å². The molecule has 1 aromatic heterocycles. The number of hydrogen-bond donors (Lipinski definition) is 0. The van der Waals surface area contributed by atoms with Crippen LogP contribution in [0.5, 0.6) is 0 Å². The van der Waals surface area contributed by atoms with Gasteiger partial charge in [0.2, 0.25) is 0 Å². The molecule has 0 bridgehead atoms. The highest BCUT2D eigenvalue weighted by atomic mass is 32.2. The molecule has 9 heteroatoms. The van der Waals surface area contributed by atoms with Crippen molar-refractivity contribution in [2.24, 2.45) is 12.5 Å². The molecule has 5 nitrogen and oxygen atoms in total. The average Bonchev–Trinajstić information content (AvgIpc) is 3.15. The molecule has 2 unspecified atom stereocenters. The summed E-state index contributed by atoms with van der Waals surface area (Å²) in [5, 5.41) is 9.84. The zero-order chi connectivity index (χ0) is 23.1. The topological polar surface area (TPSA) is 43.2 Å². The number of rotatable bonds is 7. The predicted octanol–water partition coefficient (Wildman–Crippen LogP) is 5.09. The smallest absolute Gasteiger partial charge is 0.381 e. The minimum atomic E-state index is -4.26. The molecular formula is C24H31F3N4OS. The molecule has 1 saturated carbocycles. The third-order valence-electron chi connectivity index (χ3n) is 7.60. The number of aromatic nitrogens is 3. The summed E-state index contributed by atoms with van der Waals surface area (Å²) in [6, 6.07) is 5.81. The minimum absolute atomic E-state index is 0.273. The normalized spacial score (nSPS) is 26.4. The molecule has 0 N–H and O–H groups in total. The molecule has 33 heavy (non-hydrogen) atoms. The van der Waals surface area contributed by atoms with Crippen molar-refractivity contribution in [3.05, 3.63) is 41.2 Å². The van der Waals surface area contributed by atoms with E-state index in [-0.39, 0.29) is 5.41 Å². The van der Waals surface area contributed by atoms with Gasteiger partial charge in [0.1, 0.15) is 5.82 Å². The number of halogens is 3. The van der Waals surface area contributed by atoms with Crippen LogP contribution in [0.15, 0.2) is 29.4 Å². The molecule has 2 saturated heterocycles. The Kier molecular flexibility index (Phi) is 6.48. The minimum Gasteiger partial charge on any atom is -0.381 e. The Morgan fingerprint density at radius 1 is 1.15 bits per heavy atom. The molecule has 0 radical (unpaired) electrons. The number of thioether (sulfide) groups is 1. The van der Waals surface area contributed by atoms with Gasteiger partial charge in [0.15, 0.2) is 5.16 Å². The largest absolute Gasteiger partial charge is 0.416 e. The van der Waals surface area contributed by atoms with Gasteiger partial charge in [0, 0.05) is 38.5 Å². The highest BCUT2D eigenvalue weighted by Gasteiger charge is 2.57. The Morgan fingerprint density at radius 2 is 1.91 bits per heavy atom. The van der Waals surface area contributed by atoms with Crippen LogP contribution in [-0.4, -0.2) is 58.3 Å². The molecule has 1 spiro atoms. The quantitative estimate of drug-likeness (QED) is 0.408. The van der Waals surface area contributed by atoms with E-state index in [2.05, 4.69) is 26.7 Å². The summed E-state index contributed by atoms with van der Waals surface area (Å²) in [5.74, 6) is 2.93. The standard InChI is InChI=1S/C24H31F3N4OS/c1-30-21(18-7-12-32-13-8-18)28-29-22(30)33-14-2-10-31-11-9-23(16-31)15-20(23)17-3-5-19(6-4-17)24(25,26)27/h3-6,18,20H,2,7-16H2,1H3. The first-order valence-corrected chi connectivity index (χ1v) is 12.8. The number of benzene rings is 1. The molecule has 3 aliphatic rings. The molecule has 1 aromatic carbocycles. The van der Waals surface area contributed by atoms with E-state index in [0.717, 1.165) is 87.2 Å². The van der Waals surface area contributed by atoms with Crippen LogP contribution in [-0.2, 0) is 18.0 Å². The van der Waals surface area contributed by atoms with Crippen molar-refractivity contribution >= 4 is 11.8 Å². The number of likely N-dealkylation sites (tertiary alicyclic amines) is 1. The van der Waals surface area contributed by atoms with E-state index in [9.17, 15) is 13.2 Å². The van der Waals surface area contributed by atoms with Gasteiger partial charge in [-0.3, -0.25) is 0 Å². The van der Waals surface area contributed by atoms with Crippen LogP contribution in [0.1, 0.15) is 60.9 Å². The van der Waals surface area contributed by atoms with Crippen molar-refractivity contribution in [2.45, 2.75) is 55.3 Å². The summed E-state index contributed by atoms with van der Waals surface area (Å²) < 4.78 is 46.1. The summed E-state index contributed by atoms with van der Waals surface area (Å²) >= 11 is 1.77. The summed E-state index contributed by atoms with van der Waals surface area (Å²) in [4.78, 5) is 2.52. The van der Waals surface area contributed by atoms with Gasteiger partial charge in [-0.1, -0.05) is 23.9 Å². The fourth-order valence-corrected chi connectivity index (χ4v) is 6.41. The highest BCUT2D eigenvalue weighted by Crippen LogP contribution is 2.64. The monoisotopic (exact) mass is 480 g/mol. The SMILES string of the molecule is Cn1c(SCCCN2CCC3(CC3c3ccc(C(F)(F)F)cc3)C2)nnc1C1CCOCC1. The summed E-state index contributed by atoms with van der Waals surface area (Å²) in [7, 11) is 2.06. The van der Waals surface area contributed by atoms with E-state index >= 15 is 0 Å².